The summed E-state index contributed by atoms with van der Waals surface area (Å²) in [7, 11) is -3.72. The molecule has 0 aliphatic carbocycles. The molecule has 2 aromatic carbocycles. The molecule has 3 aromatic rings. The number of ether oxygens (including phenoxy) is 1. The Labute approximate surface area is 177 Å². The second-order valence-corrected chi connectivity index (χ2v) is 9.04. The number of anilines is 1. The van der Waals surface area contributed by atoms with Crippen molar-refractivity contribution in [3.8, 4) is 0 Å². The zero-order chi connectivity index (χ0) is 22.2. The number of amides is 1. The van der Waals surface area contributed by atoms with Crippen molar-refractivity contribution < 1.29 is 26.7 Å². The van der Waals surface area contributed by atoms with E-state index in [0.29, 0.717) is 35.5 Å². The number of rotatable bonds is 5. The number of fused-ring (bicyclic) bond motifs is 1. The number of carbonyl (C=O) groups is 1. The maximum Gasteiger partial charge on any atom is 0.295 e. The van der Waals surface area contributed by atoms with E-state index >= 15 is 0 Å². The molecule has 1 saturated heterocycles. The van der Waals surface area contributed by atoms with Gasteiger partial charge in [-0.15, -0.1) is 0 Å². The number of benzene rings is 2. The van der Waals surface area contributed by atoms with E-state index in [9.17, 15) is 22.0 Å². The van der Waals surface area contributed by atoms with Crippen molar-refractivity contribution in [2.45, 2.75) is 18.2 Å². The van der Waals surface area contributed by atoms with Gasteiger partial charge in [0.15, 0.2) is 5.82 Å². The summed E-state index contributed by atoms with van der Waals surface area (Å²) in [4.78, 5) is 19.1. The van der Waals surface area contributed by atoms with Crippen LogP contribution in [0.2, 0.25) is 0 Å². The van der Waals surface area contributed by atoms with Crippen molar-refractivity contribution in [2.24, 2.45) is 0 Å². The van der Waals surface area contributed by atoms with Crippen molar-refractivity contribution in [3.05, 3.63) is 53.3 Å². The lowest BCUT2D eigenvalue weighted by molar-refractivity contribution is 0.0730. The van der Waals surface area contributed by atoms with Gasteiger partial charge in [0.2, 0.25) is 10.0 Å². The number of aromatic nitrogens is 2. The van der Waals surface area contributed by atoms with E-state index in [2.05, 4.69) is 15.3 Å². The third-order valence-corrected chi connectivity index (χ3v) is 6.93. The molecule has 0 saturated carbocycles. The van der Waals surface area contributed by atoms with E-state index < -0.39 is 28.2 Å². The fourth-order valence-corrected chi connectivity index (χ4v) is 4.74. The first-order valence-corrected chi connectivity index (χ1v) is 11.0. The third-order valence-electron chi connectivity index (χ3n) is 5.03. The van der Waals surface area contributed by atoms with Crippen LogP contribution in [0, 0.1) is 6.92 Å². The zero-order valence-corrected chi connectivity index (χ0v) is 17.4. The summed E-state index contributed by atoms with van der Waals surface area (Å²) >= 11 is 0. The third kappa shape index (κ3) is 4.29. The van der Waals surface area contributed by atoms with Gasteiger partial charge in [-0.1, -0.05) is 6.07 Å². The SMILES string of the molecule is Cc1ccc(S(=O)(=O)N2CCOCC2)cc1NC(=O)c1ccc2nc(C(F)F)[nH]c2c1. The summed E-state index contributed by atoms with van der Waals surface area (Å²) in [5.74, 6) is -0.969. The minimum Gasteiger partial charge on any atom is -0.379 e. The first-order chi connectivity index (χ1) is 14.8. The smallest absolute Gasteiger partial charge is 0.295 e. The Morgan fingerprint density at radius 2 is 1.94 bits per heavy atom. The molecule has 8 nitrogen and oxygen atoms in total. The van der Waals surface area contributed by atoms with Crippen LogP contribution >= 0.6 is 0 Å². The topological polar surface area (TPSA) is 104 Å². The average Bonchev–Trinajstić information content (AvgIpc) is 3.19. The monoisotopic (exact) mass is 450 g/mol. The van der Waals surface area contributed by atoms with Crippen molar-refractivity contribution >= 4 is 32.7 Å². The van der Waals surface area contributed by atoms with Gasteiger partial charge in [-0.3, -0.25) is 4.79 Å². The molecule has 0 bridgehead atoms. The maximum atomic E-state index is 12.9. The molecule has 4 rings (SSSR count). The first kappa shape index (κ1) is 21.3. The molecule has 0 atom stereocenters. The fraction of sp³-hybridized carbons (Fsp3) is 0.300. The highest BCUT2D eigenvalue weighted by atomic mass is 32.2. The number of halogens is 2. The van der Waals surface area contributed by atoms with Gasteiger partial charge >= 0.3 is 0 Å². The van der Waals surface area contributed by atoms with Gasteiger partial charge in [0.05, 0.1) is 29.1 Å². The highest BCUT2D eigenvalue weighted by Crippen LogP contribution is 2.25. The van der Waals surface area contributed by atoms with E-state index in [1.165, 1.54) is 34.6 Å². The summed E-state index contributed by atoms with van der Waals surface area (Å²) in [6, 6.07) is 8.90. The summed E-state index contributed by atoms with van der Waals surface area (Å²) in [6.45, 7) is 2.94. The number of sulfonamides is 1. The number of hydrogen-bond donors (Lipinski definition) is 2. The van der Waals surface area contributed by atoms with Crippen molar-refractivity contribution in [3.63, 3.8) is 0 Å². The zero-order valence-electron chi connectivity index (χ0n) is 16.6. The molecule has 1 aliphatic rings. The molecule has 2 heterocycles. The number of aromatic amines is 1. The molecule has 0 unspecified atom stereocenters. The number of carbonyl (C=O) groups excluding carboxylic acids is 1. The number of hydrogen-bond acceptors (Lipinski definition) is 5. The Hall–Kier alpha value is -2.89. The highest BCUT2D eigenvalue weighted by Gasteiger charge is 2.27. The number of nitrogens with zero attached hydrogens (tertiary/aromatic N) is 2. The van der Waals surface area contributed by atoms with Gasteiger partial charge in [0.25, 0.3) is 12.3 Å². The van der Waals surface area contributed by atoms with E-state index in [4.69, 9.17) is 4.74 Å². The normalized spacial score (nSPS) is 15.5. The van der Waals surface area contributed by atoms with Gasteiger partial charge in [0.1, 0.15) is 0 Å². The van der Waals surface area contributed by atoms with Crippen LogP contribution in [0.3, 0.4) is 0 Å². The number of aryl methyl sites for hydroxylation is 1. The minimum atomic E-state index is -3.72. The van der Waals surface area contributed by atoms with Crippen LogP contribution in [-0.4, -0.2) is 54.9 Å². The molecule has 0 radical (unpaired) electrons. The predicted octanol–water partition coefficient (Wildman–Crippen LogP) is 3.08. The van der Waals surface area contributed by atoms with Crippen LogP contribution in [0.25, 0.3) is 11.0 Å². The van der Waals surface area contributed by atoms with Crippen molar-refractivity contribution in [1.82, 2.24) is 14.3 Å². The maximum absolute atomic E-state index is 12.9. The molecule has 31 heavy (non-hydrogen) atoms. The summed E-state index contributed by atoms with van der Waals surface area (Å²) in [6.07, 6.45) is -2.75. The van der Waals surface area contributed by atoms with Gasteiger partial charge < -0.3 is 15.0 Å². The summed E-state index contributed by atoms with van der Waals surface area (Å²) < 4.78 is 58.0. The van der Waals surface area contributed by atoms with Crippen molar-refractivity contribution in [2.75, 3.05) is 31.6 Å². The molecule has 1 fully saturated rings. The van der Waals surface area contributed by atoms with Crippen molar-refractivity contribution in [1.29, 1.82) is 0 Å². The number of alkyl halides is 2. The number of nitrogens with one attached hydrogen (secondary N) is 2. The Balaban J connectivity index is 1.59. The summed E-state index contributed by atoms with van der Waals surface area (Å²) in [5.41, 5.74) is 1.87. The molecule has 2 N–H and O–H groups in total. The predicted molar refractivity (Wildman–Crippen MR) is 110 cm³/mol. The Morgan fingerprint density at radius 1 is 1.19 bits per heavy atom. The fourth-order valence-electron chi connectivity index (χ4n) is 3.30. The van der Waals surface area contributed by atoms with E-state index in [-0.39, 0.29) is 23.5 Å². The molecule has 164 valence electrons. The molecular weight excluding hydrogens is 430 g/mol. The van der Waals surface area contributed by atoms with Crippen LogP contribution in [-0.2, 0) is 14.8 Å². The lowest BCUT2D eigenvalue weighted by Gasteiger charge is -2.26. The standard InChI is InChI=1S/C20H20F2N4O4S/c1-12-2-4-14(31(28,29)26-6-8-30-9-7-26)11-16(12)25-20(27)13-3-5-15-17(10-13)24-19(23-15)18(21)22/h2-5,10-11,18H,6-9H2,1H3,(H,23,24)(H,25,27). The summed E-state index contributed by atoms with van der Waals surface area (Å²) in [5, 5.41) is 2.71. The number of morpholine rings is 1. The second kappa shape index (κ2) is 8.33. The molecule has 11 heteroatoms. The van der Waals surface area contributed by atoms with Crippen LogP contribution in [0.1, 0.15) is 28.2 Å². The molecular formula is C20H20F2N4O4S. The number of imidazole rings is 1. The molecule has 1 amide bonds. The van der Waals surface area contributed by atoms with E-state index in [0.717, 1.165) is 0 Å². The average molecular weight is 450 g/mol. The number of H-pyrrole nitrogens is 1. The minimum absolute atomic E-state index is 0.0703. The quantitative estimate of drug-likeness (QED) is 0.622. The Kier molecular flexibility index (Phi) is 5.73. The Morgan fingerprint density at radius 3 is 2.65 bits per heavy atom. The lowest BCUT2D eigenvalue weighted by atomic mass is 10.1. The van der Waals surface area contributed by atoms with Crippen LogP contribution in [0.5, 0.6) is 0 Å². The van der Waals surface area contributed by atoms with Crippen LogP contribution in [0.15, 0.2) is 41.3 Å². The second-order valence-electron chi connectivity index (χ2n) is 7.10. The van der Waals surface area contributed by atoms with Gasteiger partial charge in [-0.05, 0) is 42.8 Å². The van der Waals surface area contributed by atoms with Crippen LogP contribution in [0.4, 0.5) is 14.5 Å². The molecule has 0 spiro atoms. The van der Waals surface area contributed by atoms with Gasteiger partial charge in [-0.25, -0.2) is 22.2 Å². The first-order valence-electron chi connectivity index (χ1n) is 9.53. The largest absolute Gasteiger partial charge is 0.379 e. The molecule has 1 aromatic heterocycles. The van der Waals surface area contributed by atoms with E-state index in [1.807, 2.05) is 0 Å². The Bertz CT molecular complexity index is 1240. The van der Waals surface area contributed by atoms with Gasteiger partial charge in [0, 0.05) is 24.3 Å². The highest BCUT2D eigenvalue weighted by molar-refractivity contribution is 7.89. The van der Waals surface area contributed by atoms with Crippen LogP contribution < -0.4 is 5.32 Å². The van der Waals surface area contributed by atoms with Gasteiger partial charge in [-0.2, -0.15) is 4.31 Å². The van der Waals surface area contributed by atoms with E-state index in [1.54, 1.807) is 13.0 Å². The lowest BCUT2D eigenvalue weighted by Crippen LogP contribution is -2.40. The molecule has 1 aliphatic heterocycles.